The smallest absolute Gasteiger partial charge is 0.411 e. The lowest BCUT2D eigenvalue weighted by molar-refractivity contribution is 0.127. The van der Waals surface area contributed by atoms with E-state index in [0.717, 1.165) is 49.7 Å². The summed E-state index contributed by atoms with van der Waals surface area (Å²) < 4.78 is 45.8. The Morgan fingerprint density at radius 1 is 1.15 bits per heavy atom. The fourth-order valence-electron chi connectivity index (χ4n) is 3.08. The van der Waals surface area contributed by atoms with Gasteiger partial charge in [0.1, 0.15) is 24.1 Å². The van der Waals surface area contributed by atoms with Gasteiger partial charge < -0.3 is 9.64 Å². The average Bonchev–Trinajstić information content (AvgIpc) is 2.99. The number of carbonyl (C=O) groups is 1. The van der Waals surface area contributed by atoms with Crippen molar-refractivity contribution >= 4 is 11.8 Å². The van der Waals surface area contributed by atoms with Gasteiger partial charge in [-0.25, -0.2) is 18.0 Å². The molecule has 1 atom stereocenters. The Morgan fingerprint density at radius 3 is 2.54 bits per heavy atom. The lowest BCUT2D eigenvalue weighted by Crippen LogP contribution is -2.31. The zero-order valence-electron chi connectivity index (χ0n) is 14.3. The van der Waals surface area contributed by atoms with Crippen molar-refractivity contribution in [3.05, 3.63) is 53.8 Å². The number of halogens is 3. The molecule has 1 fully saturated rings. The third-order valence-electron chi connectivity index (χ3n) is 4.47. The highest BCUT2D eigenvalue weighted by molar-refractivity contribution is 5.91. The maximum absolute atomic E-state index is 13.6. The number of nitrogens with zero attached hydrogens (tertiary/aromatic N) is 1. The van der Waals surface area contributed by atoms with Crippen LogP contribution in [0.3, 0.4) is 0 Å². The Hall–Kier alpha value is -2.54. The summed E-state index contributed by atoms with van der Waals surface area (Å²) in [7, 11) is 1.97. The summed E-state index contributed by atoms with van der Waals surface area (Å²) in [6, 6.07) is 6.63. The second kappa shape index (κ2) is 7.78. The first kappa shape index (κ1) is 18.3. The SMILES string of the molecule is CN1CCCC1COC(=O)Nc1ccc(F)cc1-c1cc(F)cc(F)c1. The van der Waals surface area contributed by atoms with Crippen LogP contribution in [0.1, 0.15) is 12.8 Å². The van der Waals surface area contributed by atoms with Crippen molar-refractivity contribution in [3.8, 4) is 11.1 Å². The fourth-order valence-corrected chi connectivity index (χ4v) is 3.08. The molecule has 1 saturated heterocycles. The van der Waals surface area contributed by atoms with Gasteiger partial charge in [0.25, 0.3) is 0 Å². The number of likely N-dealkylation sites (tertiary alicyclic amines) is 1. The minimum absolute atomic E-state index is 0.118. The van der Waals surface area contributed by atoms with Gasteiger partial charge in [0, 0.05) is 17.7 Å². The lowest BCUT2D eigenvalue weighted by Gasteiger charge is -2.19. The van der Waals surface area contributed by atoms with Gasteiger partial charge >= 0.3 is 6.09 Å². The predicted molar refractivity (Wildman–Crippen MR) is 92.4 cm³/mol. The number of hydrogen-bond acceptors (Lipinski definition) is 3. The third-order valence-corrected chi connectivity index (χ3v) is 4.47. The molecule has 1 N–H and O–H groups in total. The minimum atomic E-state index is -0.790. The molecule has 2 aromatic rings. The molecule has 26 heavy (non-hydrogen) atoms. The van der Waals surface area contributed by atoms with Crippen LogP contribution in [0.2, 0.25) is 0 Å². The summed E-state index contributed by atoms with van der Waals surface area (Å²) in [6.07, 6.45) is 1.31. The van der Waals surface area contributed by atoms with Crippen molar-refractivity contribution in [2.75, 3.05) is 25.5 Å². The van der Waals surface area contributed by atoms with Crippen LogP contribution in [0.25, 0.3) is 11.1 Å². The van der Waals surface area contributed by atoms with Gasteiger partial charge in [-0.1, -0.05) is 0 Å². The molecule has 0 radical (unpaired) electrons. The summed E-state index contributed by atoms with van der Waals surface area (Å²) in [5, 5.41) is 2.52. The van der Waals surface area contributed by atoms with E-state index >= 15 is 0 Å². The summed E-state index contributed by atoms with van der Waals surface area (Å²) >= 11 is 0. The normalized spacial score (nSPS) is 17.3. The van der Waals surface area contributed by atoms with Gasteiger partial charge in [0.05, 0.1) is 5.69 Å². The molecule has 0 spiro atoms. The highest BCUT2D eigenvalue weighted by Crippen LogP contribution is 2.30. The Balaban J connectivity index is 1.76. The van der Waals surface area contributed by atoms with Crippen LogP contribution in [0, 0.1) is 17.5 Å². The number of nitrogens with one attached hydrogen (secondary N) is 1. The van der Waals surface area contributed by atoms with Crippen molar-refractivity contribution in [2.24, 2.45) is 0 Å². The van der Waals surface area contributed by atoms with Crippen LogP contribution in [-0.2, 0) is 4.74 Å². The topological polar surface area (TPSA) is 41.6 Å². The van der Waals surface area contributed by atoms with Crippen molar-refractivity contribution in [3.63, 3.8) is 0 Å². The Labute approximate surface area is 149 Å². The molecule has 1 amide bonds. The Kier molecular flexibility index (Phi) is 5.46. The third kappa shape index (κ3) is 4.35. The lowest BCUT2D eigenvalue weighted by atomic mass is 10.0. The van der Waals surface area contributed by atoms with Crippen LogP contribution in [0.5, 0.6) is 0 Å². The minimum Gasteiger partial charge on any atom is -0.448 e. The fraction of sp³-hybridized carbons (Fsp3) is 0.316. The number of carbonyl (C=O) groups excluding carboxylic acids is 1. The van der Waals surface area contributed by atoms with E-state index in [-0.39, 0.29) is 29.5 Å². The first-order chi connectivity index (χ1) is 12.4. The molecule has 1 unspecified atom stereocenters. The summed E-state index contributed by atoms with van der Waals surface area (Å²) in [5.41, 5.74) is 0.493. The summed E-state index contributed by atoms with van der Waals surface area (Å²) in [4.78, 5) is 14.2. The quantitative estimate of drug-likeness (QED) is 0.874. The Morgan fingerprint density at radius 2 is 1.88 bits per heavy atom. The van der Waals surface area contributed by atoms with Crippen LogP contribution < -0.4 is 5.32 Å². The van der Waals surface area contributed by atoms with Crippen LogP contribution in [0.4, 0.5) is 23.7 Å². The predicted octanol–water partition coefficient (Wildman–Crippen LogP) is 4.41. The highest BCUT2D eigenvalue weighted by Gasteiger charge is 2.22. The van der Waals surface area contributed by atoms with Crippen molar-refractivity contribution < 1.29 is 22.7 Å². The number of rotatable bonds is 4. The summed E-state index contributed by atoms with van der Waals surface area (Å²) in [6.45, 7) is 1.20. The molecule has 4 nitrogen and oxygen atoms in total. The molecule has 7 heteroatoms. The molecule has 1 aliphatic heterocycles. The number of ether oxygens (including phenoxy) is 1. The first-order valence-corrected chi connectivity index (χ1v) is 8.32. The van der Waals surface area contributed by atoms with Crippen LogP contribution in [0.15, 0.2) is 36.4 Å². The van der Waals surface area contributed by atoms with Gasteiger partial charge in [0.2, 0.25) is 0 Å². The van der Waals surface area contributed by atoms with Gasteiger partial charge in [-0.15, -0.1) is 0 Å². The van der Waals surface area contributed by atoms with Crippen molar-refractivity contribution in [1.82, 2.24) is 4.90 Å². The zero-order valence-corrected chi connectivity index (χ0v) is 14.3. The highest BCUT2D eigenvalue weighted by atomic mass is 19.1. The van der Waals surface area contributed by atoms with E-state index in [1.54, 1.807) is 0 Å². The second-order valence-electron chi connectivity index (χ2n) is 6.35. The molecule has 1 aliphatic rings. The van der Waals surface area contributed by atoms with Crippen LogP contribution >= 0.6 is 0 Å². The molecule has 3 rings (SSSR count). The summed E-state index contributed by atoms with van der Waals surface area (Å²) in [5.74, 6) is -2.17. The van der Waals surface area contributed by atoms with E-state index in [2.05, 4.69) is 10.2 Å². The van der Waals surface area contributed by atoms with Gasteiger partial charge in [-0.2, -0.15) is 0 Å². The van der Waals surface area contributed by atoms with E-state index < -0.39 is 23.5 Å². The number of benzene rings is 2. The molecule has 138 valence electrons. The van der Waals surface area contributed by atoms with Gasteiger partial charge in [-0.3, -0.25) is 5.32 Å². The number of hydrogen-bond donors (Lipinski definition) is 1. The molecule has 0 bridgehead atoms. The average molecular weight is 364 g/mol. The molecule has 0 aromatic heterocycles. The molecule has 0 aliphatic carbocycles. The van der Waals surface area contributed by atoms with E-state index in [4.69, 9.17) is 4.74 Å². The van der Waals surface area contributed by atoms with E-state index in [1.807, 2.05) is 7.05 Å². The maximum Gasteiger partial charge on any atom is 0.411 e. The largest absolute Gasteiger partial charge is 0.448 e. The van der Waals surface area contributed by atoms with Gasteiger partial charge in [0.15, 0.2) is 0 Å². The van der Waals surface area contributed by atoms with Crippen molar-refractivity contribution in [1.29, 1.82) is 0 Å². The second-order valence-corrected chi connectivity index (χ2v) is 6.35. The van der Waals surface area contributed by atoms with E-state index in [9.17, 15) is 18.0 Å². The zero-order chi connectivity index (χ0) is 18.7. The van der Waals surface area contributed by atoms with Crippen LogP contribution in [-0.4, -0.2) is 37.2 Å². The molecule has 1 heterocycles. The molecular formula is C19H19F3N2O2. The maximum atomic E-state index is 13.6. The standard InChI is InChI=1S/C19H19F3N2O2/c1-24-6-2-3-16(24)11-26-19(25)23-18-5-4-13(20)10-17(18)12-7-14(21)9-15(22)8-12/h4-5,7-10,16H,2-3,6,11H2,1H3,(H,23,25). The molecule has 2 aromatic carbocycles. The number of anilines is 1. The monoisotopic (exact) mass is 364 g/mol. The molecular weight excluding hydrogens is 345 g/mol. The first-order valence-electron chi connectivity index (χ1n) is 8.32. The van der Waals surface area contributed by atoms with Gasteiger partial charge in [-0.05, 0) is 62.3 Å². The Bertz CT molecular complexity index is 793. The van der Waals surface area contributed by atoms with Crippen molar-refractivity contribution in [2.45, 2.75) is 18.9 Å². The number of amides is 1. The van der Waals surface area contributed by atoms with E-state index in [0.29, 0.717) is 0 Å². The number of likely N-dealkylation sites (N-methyl/N-ethyl adjacent to an activating group) is 1. The molecule has 0 saturated carbocycles. The van der Waals surface area contributed by atoms with E-state index in [1.165, 1.54) is 6.07 Å².